The Kier molecular flexibility index (Phi) is 6.82. The number of benzene rings is 2. The molecule has 33 heavy (non-hydrogen) atoms. The number of ether oxygens (including phenoxy) is 2. The van der Waals surface area contributed by atoms with Gasteiger partial charge < -0.3 is 9.47 Å². The summed E-state index contributed by atoms with van der Waals surface area (Å²) in [5.41, 5.74) is 3.49. The van der Waals surface area contributed by atoms with E-state index < -0.39 is 0 Å². The van der Waals surface area contributed by atoms with Gasteiger partial charge in [0.15, 0.2) is 17.3 Å². The Bertz CT molecular complexity index is 1110. The van der Waals surface area contributed by atoms with E-state index in [-0.39, 0.29) is 17.0 Å². The van der Waals surface area contributed by atoms with Crippen LogP contribution in [0, 0.1) is 12.7 Å². The fraction of sp³-hybridized carbons (Fsp3) is 0.407. The summed E-state index contributed by atoms with van der Waals surface area (Å²) in [6.07, 6.45) is 5.66. The lowest BCUT2D eigenvalue weighted by Gasteiger charge is -2.30. The van der Waals surface area contributed by atoms with E-state index in [0.717, 1.165) is 49.1 Å². The molecule has 0 radical (unpaired) electrons. The molecular weight excluding hydrogens is 419 g/mol. The molecule has 1 fully saturated rings. The van der Waals surface area contributed by atoms with Gasteiger partial charge in [0.1, 0.15) is 11.5 Å². The summed E-state index contributed by atoms with van der Waals surface area (Å²) in [6, 6.07) is 14.3. The predicted molar refractivity (Wildman–Crippen MR) is 126 cm³/mol. The summed E-state index contributed by atoms with van der Waals surface area (Å²) >= 11 is 0. The van der Waals surface area contributed by atoms with Gasteiger partial charge in [0.25, 0.3) is 0 Å². The Morgan fingerprint density at radius 3 is 2.39 bits per heavy atom. The van der Waals surface area contributed by atoms with E-state index in [2.05, 4.69) is 17.2 Å². The highest BCUT2D eigenvalue weighted by Crippen LogP contribution is 2.46. The number of halogens is 1. The monoisotopic (exact) mass is 450 g/mol. The first kappa shape index (κ1) is 23.0. The summed E-state index contributed by atoms with van der Waals surface area (Å²) in [4.78, 5) is 13.3. The van der Waals surface area contributed by atoms with Crippen molar-refractivity contribution in [3.05, 3.63) is 76.9 Å². The molecule has 6 heteroatoms. The van der Waals surface area contributed by atoms with Gasteiger partial charge in [0.05, 0.1) is 26.5 Å². The molecule has 1 aliphatic rings. The predicted octanol–water partition coefficient (Wildman–Crippen LogP) is 5.87. The highest BCUT2D eigenvalue weighted by molar-refractivity contribution is 5.94. The van der Waals surface area contributed by atoms with Crippen LogP contribution in [0.5, 0.6) is 11.5 Å². The second-order valence-electron chi connectivity index (χ2n) is 8.94. The molecule has 2 aromatic carbocycles. The molecule has 5 nitrogen and oxygen atoms in total. The van der Waals surface area contributed by atoms with Crippen LogP contribution in [0.4, 0.5) is 4.39 Å². The molecule has 0 atom stereocenters. The van der Waals surface area contributed by atoms with Gasteiger partial charge in [0.2, 0.25) is 0 Å². The van der Waals surface area contributed by atoms with Crippen molar-refractivity contribution in [3.8, 4) is 11.5 Å². The first-order valence-corrected chi connectivity index (χ1v) is 11.5. The van der Waals surface area contributed by atoms with Crippen molar-refractivity contribution >= 4 is 5.78 Å². The first-order chi connectivity index (χ1) is 15.9. The van der Waals surface area contributed by atoms with Crippen LogP contribution in [0.15, 0.2) is 48.5 Å². The smallest absolute Gasteiger partial charge is 0.180 e. The Morgan fingerprint density at radius 1 is 1.03 bits per heavy atom. The lowest BCUT2D eigenvalue weighted by Crippen LogP contribution is -2.24. The molecule has 0 saturated heterocycles. The molecule has 3 aromatic rings. The number of hydrogen-bond acceptors (Lipinski definition) is 4. The molecule has 1 heterocycles. The third kappa shape index (κ3) is 4.95. The largest absolute Gasteiger partial charge is 0.493 e. The molecule has 0 aliphatic heterocycles. The Balaban J connectivity index is 1.53. The SMILES string of the molecule is COc1ccc(C2(CCC(=O)c3cc(C)nn3Cc3ccc(F)cc3)CCCC2)cc1OC. The molecule has 0 bridgehead atoms. The van der Waals surface area contributed by atoms with Crippen LogP contribution in [0.3, 0.4) is 0 Å². The zero-order valence-electron chi connectivity index (χ0n) is 19.6. The zero-order chi connectivity index (χ0) is 23.4. The van der Waals surface area contributed by atoms with E-state index in [1.165, 1.54) is 17.7 Å². The highest BCUT2D eigenvalue weighted by Gasteiger charge is 2.36. The highest BCUT2D eigenvalue weighted by atomic mass is 19.1. The van der Waals surface area contributed by atoms with E-state index in [9.17, 15) is 9.18 Å². The standard InChI is InChI=1S/C27H31FN2O3/c1-19-16-23(30(29-19)18-20-6-9-22(28)10-7-20)24(31)12-15-27(13-4-5-14-27)21-8-11-25(32-2)26(17-21)33-3/h6-11,16-17H,4-5,12-15,18H2,1-3H3. The Morgan fingerprint density at radius 2 is 1.73 bits per heavy atom. The fourth-order valence-electron chi connectivity index (χ4n) is 5.03. The van der Waals surface area contributed by atoms with Crippen molar-refractivity contribution in [2.45, 2.75) is 57.4 Å². The molecule has 0 unspecified atom stereocenters. The van der Waals surface area contributed by atoms with Crippen LogP contribution in [-0.2, 0) is 12.0 Å². The molecule has 0 N–H and O–H groups in total. The number of carbonyl (C=O) groups is 1. The number of Topliss-reactive ketones (excluding diaryl/α,β-unsaturated/α-hetero) is 1. The molecule has 1 aromatic heterocycles. The third-order valence-corrected chi connectivity index (χ3v) is 6.82. The van der Waals surface area contributed by atoms with E-state index >= 15 is 0 Å². The molecule has 1 saturated carbocycles. The average molecular weight is 451 g/mol. The molecule has 1 aliphatic carbocycles. The molecule has 174 valence electrons. The zero-order valence-corrected chi connectivity index (χ0v) is 19.6. The van der Waals surface area contributed by atoms with Gasteiger partial charge >= 0.3 is 0 Å². The van der Waals surface area contributed by atoms with E-state index in [1.54, 1.807) is 31.0 Å². The lowest BCUT2D eigenvalue weighted by molar-refractivity contribution is 0.0959. The summed E-state index contributed by atoms with van der Waals surface area (Å²) in [7, 11) is 3.29. The van der Waals surface area contributed by atoms with Gasteiger partial charge in [-0.2, -0.15) is 5.10 Å². The van der Waals surface area contributed by atoms with Crippen molar-refractivity contribution in [2.24, 2.45) is 0 Å². The van der Waals surface area contributed by atoms with Crippen LogP contribution < -0.4 is 9.47 Å². The summed E-state index contributed by atoms with van der Waals surface area (Å²) in [5, 5.41) is 4.52. The minimum atomic E-state index is -0.274. The van der Waals surface area contributed by atoms with Crippen LogP contribution in [0.1, 0.15) is 65.8 Å². The number of nitrogens with zero attached hydrogens (tertiary/aromatic N) is 2. The summed E-state index contributed by atoms with van der Waals surface area (Å²) in [6.45, 7) is 2.33. The maximum atomic E-state index is 13.3. The minimum Gasteiger partial charge on any atom is -0.493 e. The fourth-order valence-corrected chi connectivity index (χ4v) is 5.03. The Hall–Kier alpha value is -3.15. The van der Waals surface area contributed by atoms with Gasteiger partial charge in [-0.15, -0.1) is 0 Å². The van der Waals surface area contributed by atoms with Crippen LogP contribution in [0.2, 0.25) is 0 Å². The van der Waals surface area contributed by atoms with Gasteiger partial charge in [-0.1, -0.05) is 31.0 Å². The number of aromatic nitrogens is 2. The topological polar surface area (TPSA) is 53.3 Å². The van der Waals surface area contributed by atoms with E-state index in [4.69, 9.17) is 9.47 Å². The maximum absolute atomic E-state index is 13.3. The van der Waals surface area contributed by atoms with Crippen molar-refractivity contribution in [2.75, 3.05) is 14.2 Å². The second-order valence-corrected chi connectivity index (χ2v) is 8.94. The van der Waals surface area contributed by atoms with Crippen molar-refractivity contribution < 1.29 is 18.7 Å². The van der Waals surface area contributed by atoms with Crippen LogP contribution >= 0.6 is 0 Å². The van der Waals surface area contributed by atoms with Crippen molar-refractivity contribution in [3.63, 3.8) is 0 Å². The van der Waals surface area contributed by atoms with Gasteiger partial charge in [-0.05, 0) is 73.1 Å². The number of methoxy groups -OCH3 is 2. The number of rotatable bonds is 9. The third-order valence-electron chi connectivity index (χ3n) is 6.82. The lowest BCUT2D eigenvalue weighted by atomic mass is 9.74. The normalized spacial score (nSPS) is 14.9. The van der Waals surface area contributed by atoms with Crippen LogP contribution in [0.25, 0.3) is 0 Å². The quantitative estimate of drug-likeness (QED) is 0.383. The Labute approximate surface area is 194 Å². The molecular formula is C27H31FN2O3. The second kappa shape index (κ2) is 9.77. The summed E-state index contributed by atoms with van der Waals surface area (Å²) in [5.74, 6) is 1.25. The first-order valence-electron chi connectivity index (χ1n) is 11.5. The number of hydrogen-bond donors (Lipinski definition) is 0. The molecule has 0 amide bonds. The van der Waals surface area contributed by atoms with Crippen molar-refractivity contribution in [1.82, 2.24) is 9.78 Å². The van der Waals surface area contributed by atoms with E-state index in [0.29, 0.717) is 24.4 Å². The van der Waals surface area contributed by atoms with Gasteiger partial charge in [0, 0.05) is 6.42 Å². The minimum absolute atomic E-state index is 0.0357. The number of ketones is 1. The summed E-state index contributed by atoms with van der Waals surface area (Å²) < 4.78 is 25.9. The van der Waals surface area contributed by atoms with Gasteiger partial charge in [-0.3, -0.25) is 9.48 Å². The maximum Gasteiger partial charge on any atom is 0.180 e. The van der Waals surface area contributed by atoms with E-state index in [1.807, 2.05) is 19.1 Å². The van der Waals surface area contributed by atoms with Crippen molar-refractivity contribution in [1.29, 1.82) is 0 Å². The van der Waals surface area contributed by atoms with Gasteiger partial charge in [-0.25, -0.2) is 4.39 Å². The number of carbonyl (C=O) groups excluding carboxylic acids is 1. The molecule has 4 rings (SSSR count). The van der Waals surface area contributed by atoms with Crippen LogP contribution in [-0.4, -0.2) is 29.8 Å². The number of aryl methyl sites for hydroxylation is 1. The molecule has 0 spiro atoms. The average Bonchev–Trinajstić information content (AvgIpc) is 3.46.